The second kappa shape index (κ2) is 5.29. The number of benzene rings is 1. The van der Waals surface area contributed by atoms with E-state index < -0.39 is 34.3 Å². The van der Waals surface area contributed by atoms with Gasteiger partial charge in [0.1, 0.15) is 35.3 Å². The van der Waals surface area contributed by atoms with Crippen molar-refractivity contribution in [3.63, 3.8) is 0 Å². The number of hydrogen-bond donors (Lipinski definition) is 2. The second-order valence-electron chi connectivity index (χ2n) is 2.99. The highest BCUT2D eigenvalue weighted by molar-refractivity contribution is 5.60. The van der Waals surface area contributed by atoms with Crippen LogP contribution in [0.25, 0.3) is 0 Å². The van der Waals surface area contributed by atoms with Crippen molar-refractivity contribution in [2.45, 2.75) is 0 Å². The molecule has 0 aliphatic heterocycles. The quantitative estimate of drug-likeness (QED) is 0.612. The fourth-order valence-corrected chi connectivity index (χ4v) is 1.09. The summed E-state index contributed by atoms with van der Waals surface area (Å²) >= 11 is 0. The minimum atomic E-state index is -1.16. The minimum absolute atomic E-state index is 0.580. The summed E-state index contributed by atoms with van der Waals surface area (Å²) in [5.41, 5.74) is -1.92. The van der Waals surface area contributed by atoms with Crippen molar-refractivity contribution in [2.75, 3.05) is 5.32 Å². The molecular weight excluding hydrogens is 242 g/mol. The van der Waals surface area contributed by atoms with E-state index in [2.05, 4.69) is 0 Å². The monoisotopic (exact) mass is 246 g/mol. The van der Waals surface area contributed by atoms with Crippen LogP contribution in [0.3, 0.4) is 0 Å². The summed E-state index contributed by atoms with van der Waals surface area (Å²) in [5, 5.41) is 36.7. The Labute approximate surface area is 100 Å². The Balaban J connectivity index is 3.30. The Morgan fingerprint density at radius 2 is 1.56 bits per heavy atom. The van der Waals surface area contributed by atoms with Gasteiger partial charge < -0.3 is 10.4 Å². The number of phenolic OH excluding ortho intramolecular Hbond substituents is 1. The molecule has 0 aromatic heterocycles. The van der Waals surface area contributed by atoms with Gasteiger partial charge in [0.15, 0.2) is 17.2 Å². The van der Waals surface area contributed by atoms with Gasteiger partial charge in [-0.05, 0) is 0 Å². The molecule has 0 fully saturated rings. The fraction of sp³-hybridized carbons (Fsp3) is 0. The molecule has 1 aromatic rings. The Morgan fingerprint density at radius 3 is 1.94 bits per heavy atom. The molecule has 0 bridgehead atoms. The molecule has 0 saturated heterocycles. The van der Waals surface area contributed by atoms with Crippen LogP contribution in [0.15, 0.2) is 23.4 Å². The first-order valence-corrected chi connectivity index (χ1v) is 4.43. The second-order valence-corrected chi connectivity index (χ2v) is 2.99. The maximum Gasteiger partial charge on any atom is 0.163 e. The topological polar surface area (TPSA) is 104 Å². The highest BCUT2D eigenvalue weighted by Gasteiger charge is 2.14. The van der Waals surface area contributed by atoms with Crippen LogP contribution in [-0.2, 0) is 0 Å². The van der Waals surface area contributed by atoms with Gasteiger partial charge in [-0.15, -0.1) is 0 Å². The molecule has 0 unspecified atom stereocenters. The Hall–Kier alpha value is -3.11. The Kier molecular flexibility index (Phi) is 3.81. The maximum absolute atomic E-state index is 13.3. The highest BCUT2D eigenvalue weighted by atomic mass is 19.1. The highest BCUT2D eigenvalue weighted by Crippen LogP contribution is 2.25. The predicted octanol–water partition coefficient (Wildman–Crippen LogP) is 1.91. The molecule has 18 heavy (non-hydrogen) atoms. The molecule has 1 rings (SSSR count). The summed E-state index contributed by atoms with van der Waals surface area (Å²) < 4.78 is 26.6. The molecule has 0 amide bonds. The Bertz CT molecular complexity index is 607. The number of rotatable bonds is 2. The van der Waals surface area contributed by atoms with Crippen molar-refractivity contribution >= 4 is 5.69 Å². The van der Waals surface area contributed by atoms with E-state index in [9.17, 15) is 8.78 Å². The van der Waals surface area contributed by atoms with Gasteiger partial charge in [0, 0.05) is 12.1 Å². The number of halogens is 2. The molecule has 0 radical (unpaired) electrons. The first-order valence-electron chi connectivity index (χ1n) is 4.43. The first-order chi connectivity index (χ1) is 8.53. The van der Waals surface area contributed by atoms with Gasteiger partial charge in [-0.3, -0.25) is 0 Å². The van der Waals surface area contributed by atoms with Crippen LogP contribution in [0, 0.1) is 45.6 Å². The van der Waals surface area contributed by atoms with Gasteiger partial charge in [0.25, 0.3) is 0 Å². The summed E-state index contributed by atoms with van der Waals surface area (Å²) in [6.45, 7) is 0. The van der Waals surface area contributed by atoms with Crippen molar-refractivity contribution in [3.05, 3.63) is 35.0 Å². The fourth-order valence-electron chi connectivity index (χ4n) is 1.09. The number of nitrogens with one attached hydrogen (secondary N) is 1. The lowest BCUT2D eigenvalue weighted by Crippen LogP contribution is -2.04. The molecule has 1 aromatic carbocycles. The summed E-state index contributed by atoms with van der Waals surface area (Å²) in [4.78, 5) is 0. The summed E-state index contributed by atoms with van der Waals surface area (Å²) in [7, 11) is 0. The van der Waals surface area contributed by atoms with Gasteiger partial charge >= 0.3 is 0 Å². The van der Waals surface area contributed by atoms with Crippen LogP contribution in [0.2, 0.25) is 0 Å². The third-order valence-corrected chi connectivity index (χ3v) is 1.86. The minimum Gasteiger partial charge on any atom is -0.508 e. The number of anilines is 1. The van der Waals surface area contributed by atoms with Crippen molar-refractivity contribution in [1.29, 1.82) is 15.8 Å². The summed E-state index contributed by atoms with van der Waals surface area (Å²) in [6.07, 6.45) is 0. The van der Waals surface area contributed by atoms with Gasteiger partial charge in [-0.2, -0.15) is 15.8 Å². The van der Waals surface area contributed by atoms with Crippen LogP contribution >= 0.6 is 0 Å². The lowest BCUT2D eigenvalue weighted by atomic mass is 10.2. The van der Waals surface area contributed by atoms with Crippen LogP contribution in [0.1, 0.15) is 0 Å². The number of aromatic hydroxyl groups is 1. The van der Waals surface area contributed by atoms with Crippen LogP contribution in [0.5, 0.6) is 5.75 Å². The van der Waals surface area contributed by atoms with E-state index >= 15 is 0 Å². The van der Waals surface area contributed by atoms with E-state index in [0.717, 1.165) is 0 Å². The summed E-state index contributed by atoms with van der Waals surface area (Å²) in [5.74, 6) is -2.94. The van der Waals surface area contributed by atoms with E-state index in [-0.39, 0.29) is 0 Å². The first kappa shape index (κ1) is 13.0. The van der Waals surface area contributed by atoms with Crippen LogP contribution in [-0.4, -0.2) is 5.11 Å². The number of allylic oxidation sites excluding steroid dienone is 2. The Morgan fingerprint density at radius 1 is 1.06 bits per heavy atom. The van der Waals surface area contributed by atoms with Gasteiger partial charge in [0.05, 0.1) is 0 Å². The maximum atomic E-state index is 13.3. The van der Waals surface area contributed by atoms with E-state index in [0.29, 0.717) is 12.1 Å². The average Bonchev–Trinajstić information content (AvgIpc) is 2.32. The molecule has 0 aliphatic carbocycles. The predicted molar refractivity (Wildman–Crippen MR) is 55.5 cm³/mol. The number of nitrogens with zero attached hydrogens (tertiary/aromatic N) is 3. The van der Waals surface area contributed by atoms with Crippen molar-refractivity contribution < 1.29 is 13.9 Å². The molecule has 0 saturated carbocycles. The largest absolute Gasteiger partial charge is 0.508 e. The zero-order chi connectivity index (χ0) is 13.7. The van der Waals surface area contributed by atoms with Gasteiger partial charge in [0.2, 0.25) is 0 Å². The average molecular weight is 246 g/mol. The van der Waals surface area contributed by atoms with Crippen LogP contribution in [0.4, 0.5) is 14.5 Å². The lowest BCUT2D eigenvalue weighted by Gasteiger charge is -2.07. The zero-order valence-corrected chi connectivity index (χ0v) is 8.70. The molecule has 7 heteroatoms. The number of hydrogen-bond acceptors (Lipinski definition) is 5. The van der Waals surface area contributed by atoms with Crippen molar-refractivity contribution in [1.82, 2.24) is 0 Å². The normalized spacial score (nSPS) is 8.61. The van der Waals surface area contributed by atoms with Gasteiger partial charge in [-0.25, -0.2) is 8.78 Å². The number of nitriles is 3. The molecule has 88 valence electrons. The zero-order valence-electron chi connectivity index (χ0n) is 8.70. The van der Waals surface area contributed by atoms with Crippen molar-refractivity contribution in [3.8, 4) is 24.0 Å². The smallest absolute Gasteiger partial charge is 0.163 e. The lowest BCUT2D eigenvalue weighted by molar-refractivity contribution is 0.461. The molecule has 0 heterocycles. The van der Waals surface area contributed by atoms with Crippen molar-refractivity contribution in [2.24, 2.45) is 0 Å². The van der Waals surface area contributed by atoms with E-state index in [1.54, 1.807) is 0 Å². The third kappa shape index (κ3) is 2.52. The van der Waals surface area contributed by atoms with E-state index in [4.69, 9.17) is 20.9 Å². The van der Waals surface area contributed by atoms with Gasteiger partial charge in [-0.1, -0.05) is 0 Å². The van der Waals surface area contributed by atoms with E-state index in [1.165, 1.54) is 18.2 Å². The SMILES string of the molecule is N#CC(C#N)=C(C#N)Nc1c(F)cc(O)cc1F. The molecule has 5 nitrogen and oxygen atoms in total. The van der Waals surface area contributed by atoms with Crippen LogP contribution < -0.4 is 5.32 Å². The molecular formula is C11H4F2N4O. The summed E-state index contributed by atoms with van der Waals surface area (Å²) in [6, 6.07) is 5.52. The third-order valence-electron chi connectivity index (χ3n) is 1.86. The molecule has 0 atom stereocenters. The molecule has 2 N–H and O–H groups in total. The molecule has 0 spiro atoms. The molecule has 0 aliphatic rings. The van der Waals surface area contributed by atoms with E-state index in [1.807, 2.05) is 5.32 Å². The number of phenols is 1. The standard InChI is InChI=1S/C11H4F2N4O/c12-8-1-7(18)2-9(13)11(8)17-10(5-16)6(3-14)4-15/h1-2,17-18H.